The Morgan fingerprint density at radius 3 is 2.72 bits per heavy atom. The highest BCUT2D eigenvalue weighted by atomic mass is 127. The summed E-state index contributed by atoms with van der Waals surface area (Å²) in [7, 11) is 3.67. The molecule has 0 amide bonds. The summed E-state index contributed by atoms with van der Waals surface area (Å²) in [5.41, 5.74) is 4.33. The van der Waals surface area contributed by atoms with Crippen LogP contribution in [0.25, 0.3) is 0 Å². The molecule has 1 aliphatic rings. The topological polar surface area (TPSA) is 67.1 Å². The molecule has 1 aromatic heterocycles. The molecule has 1 aliphatic carbocycles. The van der Waals surface area contributed by atoms with Crippen molar-refractivity contribution in [3.63, 3.8) is 0 Å². The third-order valence-corrected chi connectivity index (χ3v) is 4.67. The number of benzene rings is 1. The summed E-state index contributed by atoms with van der Waals surface area (Å²) in [4.78, 5) is 8.52. The Bertz CT molecular complexity index is 724. The first-order valence-corrected chi connectivity index (χ1v) is 8.59. The van der Waals surface area contributed by atoms with Crippen LogP contribution in [-0.2, 0) is 26.4 Å². The van der Waals surface area contributed by atoms with E-state index >= 15 is 0 Å². The van der Waals surface area contributed by atoms with Crippen molar-refractivity contribution in [1.29, 1.82) is 0 Å². The molecule has 0 fully saturated rings. The number of hydrogen-bond acceptors (Lipinski definition) is 3. The minimum Gasteiger partial charge on any atom is -0.350 e. The van der Waals surface area contributed by atoms with Crippen LogP contribution in [0.2, 0.25) is 0 Å². The van der Waals surface area contributed by atoms with Crippen LogP contribution < -0.4 is 10.6 Å². The van der Waals surface area contributed by atoms with Gasteiger partial charge in [-0.05, 0) is 49.3 Å². The van der Waals surface area contributed by atoms with Crippen molar-refractivity contribution >= 4 is 29.9 Å². The highest BCUT2D eigenvalue weighted by Crippen LogP contribution is 2.24. The van der Waals surface area contributed by atoms with Gasteiger partial charge in [0, 0.05) is 14.1 Å². The van der Waals surface area contributed by atoms with E-state index in [1.165, 1.54) is 42.4 Å². The number of nitrogens with one attached hydrogen (secondary N) is 2. The second kappa shape index (κ2) is 9.17. The third kappa shape index (κ3) is 4.93. The van der Waals surface area contributed by atoms with E-state index in [0.29, 0.717) is 6.54 Å². The molecule has 1 unspecified atom stereocenters. The van der Waals surface area contributed by atoms with Gasteiger partial charge in [0.1, 0.15) is 12.2 Å². The molecule has 0 saturated carbocycles. The molecule has 2 N–H and O–H groups in total. The van der Waals surface area contributed by atoms with Crippen LogP contribution in [0.3, 0.4) is 0 Å². The number of halogens is 1. The molecule has 0 spiro atoms. The Morgan fingerprint density at radius 1 is 1.28 bits per heavy atom. The molecule has 1 heterocycles. The van der Waals surface area contributed by atoms with Crippen molar-refractivity contribution in [1.82, 2.24) is 25.4 Å². The van der Waals surface area contributed by atoms with Crippen LogP contribution in [0.4, 0.5) is 0 Å². The predicted octanol–water partition coefficient (Wildman–Crippen LogP) is 2.74. The number of fused-ring (bicyclic) bond motifs is 1. The van der Waals surface area contributed by atoms with Crippen LogP contribution in [0, 0.1) is 0 Å². The second-order valence-electron chi connectivity index (χ2n) is 6.33. The molecule has 1 aromatic carbocycles. The van der Waals surface area contributed by atoms with Gasteiger partial charge in [-0.1, -0.05) is 18.2 Å². The van der Waals surface area contributed by atoms with E-state index in [0.717, 1.165) is 11.8 Å². The van der Waals surface area contributed by atoms with Gasteiger partial charge in [-0.15, -0.1) is 24.0 Å². The van der Waals surface area contributed by atoms with Gasteiger partial charge >= 0.3 is 0 Å². The fourth-order valence-corrected chi connectivity index (χ4v) is 3.15. The summed E-state index contributed by atoms with van der Waals surface area (Å²) in [5.74, 6) is 1.64. The zero-order valence-corrected chi connectivity index (χ0v) is 17.4. The molecule has 2 aromatic rings. The highest BCUT2D eigenvalue weighted by Gasteiger charge is 2.13. The van der Waals surface area contributed by atoms with E-state index in [1.54, 1.807) is 18.1 Å². The highest BCUT2D eigenvalue weighted by molar-refractivity contribution is 14.0. The Balaban J connectivity index is 0.00000225. The number of rotatable bonds is 4. The number of guanidine groups is 1. The van der Waals surface area contributed by atoms with E-state index in [-0.39, 0.29) is 30.0 Å². The van der Waals surface area contributed by atoms with Crippen LogP contribution in [0.15, 0.2) is 29.5 Å². The average Bonchev–Trinajstić information content (AvgIpc) is 3.03. The second-order valence-corrected chi connectivity index (χ2v) is 6.33. The first-order valence-electron chi connectivity index (χ1n) is 8.59. The van der Waals surface area contributed by atoms with Gasteiger partial charge in [0.05, 0.1) is 12.6 Å². The van der Waals surface area contributed by atoms with Crippen LogP contribution in [0.5, 0.6) is 0 Å². The number of aryl methyl sites for hydroxylation is 3. The lowest BCUT2D eigenvalue weighted by atomic mass is 9.89. The van der Waals surface area contributed by atoms with Gasteiger partial charge in [0.2, 0.25) is 0 Å². The molecule has 3 rings (SSSR count). The Hall–Kier alpha value is -1.64. The van der Waals surface area contributed by atoms with Crippen molar-refractivity contribution in [3.05, 3.63) is 47.0 Å². The first-order chi connectivity index (χ1) is 11.7. The summed E-state index contributed by atoms with van der Waals surface area (Å²) in [6.45, 7) is 2.76. The standard InChI is InChI=1S/C18H26N6.HI/c1-13(15-9-8-14-6-4-5-7-16(14)10-15)23-18(19-2)20-11-17-21-12-22-24(17)3;/h8-10,12-13H,4-7,11H2,1-3H3,(H2,19,20,23);1H. The summed E-state index contributed by atoms with van der Waals surface area (Å²) in [6, 6.07) is 7.07. The van der Waals surface area contributed by atoms with Crippen LogP contribution in [-0.4, -0.2) is 27.8 Å². The van der Waals surface area contributed by atoms with E-state index < -0.39 is 0 Å². The summed E-state index contributed by atoms with van der Waals surface area (Å²) in [5, 5.41) is 10.8. The Morgan fingerprint density at radius 2 is 2.04 bits per heavy atom. The van der Waals surface area contributed by atoms with Gasteiger partial charge in [-0.3, -0.25) is 9.67 Å². The molecule has 6 nitrogen and oxygen atoms in total. The van der Waals surface area contributed by atoms with Gasteiger partial charge in [0.25, 0.3) is 0 Å². The van der Waals surface area contributed by atoms with Gasteiger partial charge in [-0.2, -0.15) is 5.10 Å². The molecule has 0 radical (unpaired) electrons. The summed E-state index contributed by atoms with van der Waals surface area (Å²) in [6.07, 6.45) is 6.61. The van der Waals surface area contributed by atoms with Crippen molar-refractivity contribution in [2.45, 2.75) is 45.2 Å². The van der Waals surface area contributed by atoms with Crippen LogP contribution in [0.1, 0.15) is 48.3 Å². The van der Waals surface area contributed by atoms with Crippen molar-refractivity contribution in [2.75, 3.05) is 7.05 Å². The quantitative estimate of drug-likeness (QED) is 0.424. The first kappa shape index (κ1) is 19.7. The van der Waals surface area contributed by atoms with Crippen molar-refractivity contribution in [3.8, 4) is 0 Å². The maximum Gasteiger partial charge on any atom is 0.191 e. The summed E-state index contributed by atoms with van der Waals surface area (Å²) >= 11 is 0. The average molecular weight is 454 g/mol. The van der Waals surface area contributed by atoms with E-state index in [9.17, 15) is 0 Å². The molecular weight excluding hydrogens is 427 g/mol. The van der Waals surface area contributed by atoms with Gasteiger partial charge < -0.3 is 10.6 Å². The lowest BCUT2D eigenvalue weighted by molar-refractivity contribution is 0.646. The van der Waals surface area contributed by atoms with Crippen molar-refractivity contribution in [2.24, 2.45) is 12.0 Å². The van der Waals surface area contributed by atoms with Crippen molar-refractivity contribution < 1.29 is 0 Å². The molecule has 1 atom stereocenters. The minimum atomic E-state index is 0. The summed E-state index contributed by atoms with van der Waals surface area (Å²) < 4.78 is 1.76. The largest absolute Gasteiger partial charge is 0.350 e. The fourth-order valence-electron chi connectivity index (χ4n) is 3.15. The Labute approximate surface area is 166 Å². The zero-order chi connectivity index (χ0) is 16.9. The monoisotopic (exact) mass is 454 g/mol. The molecule has 0 bridgehead atoms. The molecule has 0 aliphatic heterocycles. The fraction of sp³-hybridized carbons (Fsp3) is 0.500. The predicted molar refractivity (Wildman–Crippen MR) is 111 cm³/mol. The zero-order valence-electron chi connectivity index (χ0n) is 15.1. The SMILES string of the molecule is CN=C(NCc1ncnn1C)NC(C)c1ccc2c(c1)CCCC2.I. The van der Waals surface area contributed by atoms with Gasteiger partial charge in [-0.25, -0.2) is 4.98 Å². The molecule has 25 heavy (non-hydrogen) atoms. The molecule has 0 saturated heterocycles. The number of aromatic nitrogens is 3. The number of hydrogen-bond donors (Lipinski definition) is 2. The molecule has 136 valence electrons. The molecular formula is C18H27IN6. The Kier molecular flexibility index (Phi) is 7.22. The molecule has 7 heteroatoms. The lowest BCUT2D eigenvalue weighted by Crippen LogP contribution is -2.38. The number of nitrogens with zero attached hydrogens (tertiary/aromatic N) is 4. The van der Waals surface area contributed by atoms with Crippen LogP contribution >= 0.6 is 24.0 Å². The van der Waals surface area contributed by atoms with Gasteiger partial charge in [0.15, 0.2) is 5.96 Å². The maximum absolute atomic E-state index is 4.31. The van der Waals surface area contributed by atoms with E-state index in [4.69, 9.17) is 0 Å². The third-order valence-electron chi connectivity index (χ3n) is 4.67. The minimum absolute atomic E-state index is 0. The maximum atomic E-state index is 4.31. The van der Waals surface area contributed by atoms with E-state index in [1.807, 2.05) is 7.05 Å². The lowest BCUT2D eigenvalue weighted by Gasteiger charge is -2.21. The van der Waals surface area contributed by atoms with E-state index in [2.05, 4.69) is 50.8 Å². The smallest absolute Gasteiger partial charge is 0.191 e. The number of aliphatic imine (C=N–C) groups is 1. The normalized spacial score (nSPS) is 15.1.